The molecule has 0 aliphatic carbocycles. The average Bonchev–Trinajstić information content (AvgIpc) is 2.78. The van der Waals surface area contributed by atoms with Crippen LogP contribution in [0.3, 0.4) is 0 Å². The Hall–Kier alpha value is -2.74. The fourth-order valence-corrected chi connectivity index (χ4v) is 5.00. The average molecular weight is 447 g/mol. The van der Waals surface area contributed by atoms with Gasteiger partial charge in [-0.2, -0.15) is 0 Å². The Morgan fingerprint density at radius 1 is 1.06 bits per heavy atom. The predicted molar refractivity (Wildman–Crippen MR) is 116 cm³/mol. The lowest BCUT2D eigenvalue weighted by Crippen LogP contribution is -2.49. The van der Waals surface area contributed by atoms with Crippen molar-refractivity contribution in [2.24, 2.45) is 0 Å². The van der Waals surface area contributed by atoms with Gasteiger partial charge in [0.1, 0.15) is 11.1 Å². The van der Waals surface area contributed by atoms with Crippen LogP contribution in [0, 0.1) is 5.82 Å². The molecular weight excluding hydrogens is 419 g/mol. The molecule has 1 heterocycles. The molecule has 6 nitrogen and oxygen atoms in total. The lowest BCUT2D eigenvalue weighted by Gasteiger charge is -2.33. The summed E-state index contributed by atoms with van der Waals surface area (Å²) >= 11 is 0. The third-order valence-electron chi connectivity index (χ3n) is 5.61. The Balaban J connectivity index is 1.48. The Labute approximate surface area is 182 Å². The lowest BCUT2D eigenvalue weighted by molar-refractivity contribution is -0.131. The monoisotopic (exact) mass is 446 g/mol. The number of carbonyl (C=O) groups excluding carboxylic acids is 2. The minimum Gasteiger partial charge on any atom is -0.353 e. The van der Waals surface area contributed by atoms with E-state index in [-0.39, 0.29) is 16.8 Å². The standard InChI is InChI=1S/C23H27FN2O4S/c1-17(31(29,30)21-10-8-19(24)9-11-21)23(28)26-15-13-20(14-16-26)25-22(27)12-7-18-5-3-2-4-6-18/h2-6,8-11,17,20H,7,12-16H2,1H3,(H,25,27)/t17-/m0/s1. The van der Waals surface area contributed by atoms with Crippen LogP contribution < -0.4 is 5.32 Å². The Bertz CT molecular complexity index is 1000. The van der Waals surface area contributed by atoms with Crippen molar-refractivity contribution in [1.82, 2.24) is 10.2 Å². The van der Waals surface area contributed by atoms with Gasteiger partial charge < -0.3 is 10.2 Å². The number of sulfone groups is 1. The number of nitrogens with zero attached hydrogens (tertiary/aromatic N) is 1. The summed E-state index contributed by atoms with van der Waals surface area (Å²) in [6.07, 6.45) is 2.22. The number of aryl methyl sites for hydroxylation is 1. The molecule has 31 heavy (non-hydrogen) atoms. The first-order valence-corrected chi connectivity index (χ1v) is 11.9. The maximum Gasteiger partial charge on any atom is 0.241 e. The van der Waals surface area contributed by atoms with Gasteiger partial charge in [-0.3, -0.25) is 9.59 Å². The molecule has 8 heteroatoms. The molecule has 2 aromatic carbocycles. The zero-order valence-electron chi connectivity index (χ0n) is 17.5. The van der Waals surface area contributed by atoms with Gasteiger partial charge in [0.25, 0.3) is 0 Å². The molecule has 166 valence electrons. The molecule has 0 saturated carbocycles. The van der Waals surface area contributed by atoms with Crippen LogP contribution in [0.1, 0.15) is 31.7 Å². The van der Waals surface area contributed by atoms with Crippen molar-refractivity contribution in [2.75, 3.05) is 13.1 Å². The van der Waals surface area contributed by atoms with Gasteiger partial charge in [0.15, 0.2) is 9.84 Å². The summed E-state index contributed by atoms with van der Waals surface area (Å²) < 4.78 is 38.5. The zero-order chi connectivity index (χ0) is 22.4. The molecule has 2 aromatic rings. The number of nitrogens with one attached hydrogen (secondary N) is 1. The molecule has 0 aromatic heterocycles. The van der Waals surface area contributed by atoms with E-state index in [2.05, 4.69) is 5.32 Å². The largest absolute Gasteiger partial charge is 0.353 e. The summed E-state index contributed by atoms with van der Waals surface area (Å²) in [5.74, 6) is -1.04. The molecule has 3 rings (SSSR count). The fourth-order valence-electron chi connectivity index (χ4n) is 3.66. The Morgan fingerprint density at radius 3 is 2.29 bits per heavy atom. The van der Waals surface area contributed by atoms with E-state index >= 15 is 0 Å². The number of halogens is 1. The summed E-state index contributed by atoms with van der Waals surface area (Å²) in [4.78, 5) is 26.4. The van der Waals surface area contributed by atoms with E-state index in [4.69, 9.17) is 0 Å². The molecule has 2 amide bonds. The van der Waals surface area contributed by atoms with Crippen molar-refractivity contribution in [3.05, 3.63) is 66.0 Å². The quantitative estimate of drug-likeness (QED) is 0.663. The van der Waals surface area contributed by atoms with E-state index in [1.807, 2.05) is 30.3 Å². The number of amides is 2. The first-order chi connectivity index (χ1) is 14.8. The van der Waals surface area contributed by atoms with E-state index in [1.54, 1.807) is 0 Å². The highest BCUT2D eigenvalue weighted by molar-refractivity contribution is 7.92. The Kier molecular flexibility index (Phi) is 7.43. The zero-order valence-corrected chi connectivity index (χ0v) is 18.3. The number of piperidine rings is 1. The summed E-state index contributed by atoms with van der Waals surface area (Å²) in [6.45, 7) is 2.12. The van der Waals surface area contributed by atoms with Crippen LogP contribution in [0.2, 0.25) is 0 Å². The maximum absolute atomic E-state index is 13.1. The number of hydrogen-bond acceptors (Lipinski definition) is 4. The summed E-state index contributed by atoms with van der Waals surface area (Å²) in [5, 5.41) is 1.75. The van der Waals surface area contributed by atoms with Gasteiger partial charge in [0, 0.05) is 25.6 Å². The predicted octanol–water partition coefficient (Wildman–Crippen LogP) is 2.73. The van der Waals surface area contributed by atoms with E-state index in [1.165, 1.54) is 24.0 Å². The van der Waals surface area contributed by atoms with Crippen LogP contribution in [0.25, 0.3) is 0 Å². The molecular formula is C23H27FN2O4S. The van der Waals surface area contributed by atoms with Crippen LogP contribution in [-0.4, -0.2) is 49.5 Å². The number of carbonyl (C=O) groups is 2. The van der Waals surface area contributed by atoms with Gasteiger partial charge in [0.2, 0.25) is 11.8 Å². The lowest BCUT2D eigenvalue weighted by atomic mass is 10.0. The number of rotatable bonds is 7. The van der Waals surface area contributed by atoms with E-state index in [9.17, 15) is 22.4 Å². The fraction of sp³-hybridized carbons (Fsp3) is 0.391. The van der Waals surface area contributed by atoms with Crippen molar-refractivity contribution in [1.29, 1.82) is 0 Å². The maximum atomic E-state index is 13.1. The molecule has 1 aliphatic heterocycles. The third-order valence-corrected chi connectivity index (χ3v) is 7.67. The van der Waals surface area contributed by atoms with Crippen LogP contribution in [-0.2, 0) is 25.8 Å². The van der Waals surface area contributed by atoms with Crippen LogP contribution in [0.4, 0.5) is 4.39 Å². The van der Waals surface area contributed by atoms with Crippen molar-refractivity contribution in [3.63, 3.8) is 0 Å². The van der Waals surface area contributed by atoms with Crippen molar-refractivity contribution in [3.8, 4) is 0 Å². The summed E-state index contributed by atoms with van der Waals surface area (Å²) in [6, 6.07) is 14.2. The SMILES string of the molecule is C[C@@H](C(=O)N1CCC(NC(=O)CCc2ccccc2)CC1)S(=O)(=O)c1ccc(F)cc1. The van der Waals surface area contributed by atoms with E-state index in [0.717, 1.165) is 17.7 Å². The molecule has 0 bridgehead atoms. The summed E-state index contributed by atoms with van der Waals surface area (Å²) in [7, 11) is -3.90. The van der Waals surface area contributed by atoms with E-state index in [0.29, 0.717) is 38.8 Å². The molecule has 1 atom stereocenters. The second kappa shape index (κ2) is 10.0. The minimum absolute atomic E-state index is 0.0270. The highest BCUT2D eigenvalue weighted by Gasteiger charge is 2.34. The second-order valence-electron chi connectivity index (χ2n) is 7.79. The van der Waals surface area contributed by atoms with Gasteiger partial charge in [-0.05, 0) is 56.0 Å². The van der Waals surface area contributed by atoms with Gasteiger partial charge in [-0.1, -0.05) is 30.3 Å². The molecule has 1 fully saturated rings. The van der Waals surface area contributed by atoms with Gasteiger partial charge in [-0.15, -0.1) is 0 Å². The first-order valence-electron chi connectivity index (χ1n) is 10.4. The molecule has 1 N–H and O–H groups in total. The highest BCUT2D eigenvalue weighted by atomic mass is 32.2. The highest BCUT2D eigenvalue weighted by Crippen LogP contribution is 2.20. The topological polar surface area (TPSA) is 83.6 Å². The van der Waals surface area contributed by atoms with Crippen molar-refractivity contribution in [2.45, 2.75) is 48.8 Å². The van der Waals surface area contributed by atoms with Crippen molar-refractivity contribution >= 4 is 21.7 Å². The van der Waals surface area contributed by atoms with Crippen molar-refractivity contribution < 1.29 is 22.4 Å². The summed E-state index contributed by atoms with van der Waals surface area (Å²) in [5.41, 5.74) is 1.11. The normalized spacial score (nSPS) is 16.0. The Morgan fingerprint density at radius 2 is 1.68 bits per heavy atom. The molecule has 0 spiro atoms. The molecule has 0 unspecified atom stereocenters. The molecule has 1 aliphatic rings. The third kappa shape index (κ3) is 5.91. The van der Waals surface area contributed by atoms with Crippen LogP contribution in [0.5, 0.6) is 0 Å². The smallest absolute Gasteiger partial charge is 0.241 e. The van der Waals surface area contributed by atoms with Crippen LogP contribution >= 0.6 is 0 Å². The molecule has 1 saturated heterocycles. The van der Waals surface area contributed by atoms with Gasteiger partial charge in [0.05, 0.1) is 4.90 Å². The second-order valence-corrected chi connectivity index (χ2v) is 10.1. The van der Waals surface area contributed by atoms with Gasteiger partial charge >= 0.3 is 0 Å². The van der Waals surface area contributed by atoms with Crippen LogP contribution in [0.15, 0.2) is 59.5 Å². The number of likely N-dealkylation sites (tertiary alicyclic amines) is 1. The molecule has 0 radical (unpaired) electrons. The number of hydrogen-bond donors (Lipinski definition) is 1. The first kappa shape index (κ1) is 22.9. The van der Waals surface area contributed by atoms with E-state index < -0.39 is 26.8 Å². The van der Waals surface area contributed by atoms with Gasteiger partial charge in [-0.25, -0.2) is 12.8 Å². The minimum atomic E-state index is -3.90. The number of benzene rings is 2.